The molecule has 1 unspecified atom stereocenters. The van der Waals surface area contributed by atoms with E-state index in [9.17, 15) is 18.0 Å². The highest BCUT2D eigenvalue weighted by molar-refractivity contribution is 5.90. The summed E-state index contributed by atoms with van der Waals surface area (Å²) in [5, 5.41) is 19.2. The lowest BCUT2D eigenvalue weighted by molar-refractivity contribution is 0.0566. The van der Waals surface area contributed by atoms with Gasteiger partial charge in [-0.05, 0) is 50.2 Å². The molecule has 5 heterocycles. The van der Waals surface area contributed by atoms with Gasteiger partial charge in [0.25, 0.3) is 5.89 Å². The van der Waals surface area contributed by atoms with Crippen LogP contribution in [0.5, 0.6) is 0 Å². The molecule has 4 aromatic heterocycles. The molecule has 0 radical (unpaired) electrons. The molecule has 0 aliphatic carbocycles. The molecule has 0 fully saturated rings. The van der Waals surface area contributed by atoms with Crippen molar-refractivity contribution < 1.29 is 22.4 Å². The highest BCUT2D eigenvalue weighted by Crippen LogP contribution is 2.36. The summed E-state index contributed by atoms with van der Waals surface area (Å²) >= 11 is 0. The highest BCUT2D eigenvalue weighted by atomic mass is 19.3. The third-order valence-corrected chi connectivity index (χ3v) is 6.52. The Morgan fingerprint density at radius 2 is 2.16 bits per heavy atom. The summed E-state index contributed by atoms with van der Waals surface area (Å²) in [5.74, 6) is -1.42. The van der Waals surface area contributed by atoms with E-state index < -0.39 is 24.3 Å². The molecule has 0 saturated carbocycles. The maximum atomic E-state index is 14.5. The highest BCUT2D eigenvalue weighted by Gasteiger charge is 2.36. The Hall–Kier alpha value is -4.42. The number of alkyl halides is 2. The van der Waals surface area contributed by atoms with E-state index in [1.807, 2.05) is 20.0 Å². The zero-order valence-electron chi connectivity index (χ0n) is 20.9. The van der Waals surface area contributed by atoms with Crippen LogP contribution in [0.4, 0.5) is 13.2 Å². The number of hydrogen-bond acceptors (Lipinski definition) is 7. The molecule has 1 aliphatic rings. The quantitative estimate of drug-likeness (QED) is 0.366. The Morgan fingerprint density at radius 1 is 1.34 bits per heavy atom. The van der Waals surface area contributed by atoms with Crippen LogP contribution in [0.3, 0.4) is 0 Å². The van der Waals surface area contributed by atoms with Crippen LogP contribution in [0.2, 0.25) is 0 Å². The number of carbonyl (C=O) groups excluding carboxylic acids is 1. The van der Waals surface area contributed by atoms with Gasteiger partial charge in [0.1, 0.15) is 11.3 Å². The van der Waals surface area contributed by atoms with Crippen molar-refractivity contribution >= 4 is 11.4 Å². The van der Waals surface area contributed by atoms with Crippen molar-refractivity contribution in [3.05, 3.63) is 77.2 Å². The molecule has 1 atom stereocenters. The number of aromatic nitrogens is 6. The van der Waals surface area contributed by atoms with E-state index in [0.29, 0.717) is 23.3 Å². The third kappa shape index (κ3) is 4.66. The second kappa shape index (κ2) is 10.1. The molecule has 198 valence electrons. The minimum absolute atomic E-state index is 0.113. The zero-order valence-corrected chi connectivity index (χ0v) is 20.9. The van der Waals surface area contributed by atoms with Crippen molar-refractivity contribution in [2.75, 3.05) is 6.54 Å². The normalized spacial score (nSPS) is 16.7. The van der Waals surface area contributed by atoms with Crippen LogP contribution in [0.25, 0.3) is 17.0 Å². The SMILES string of the molecule is CCC(C)=CNC1=C(C)C(c2cc3c(F)cccn3n2)N(C(=O)c2nnc(-c3cnn(C(F)F)c3)o2)CC1. The fourth-order valence-corrected chi connectivity index (χ4v) is 4.29. The standard InChI is InChI=1S/C25H25F3N8O2/c1-4-14(2)11-29-18-7-9-34(21(15(18)3)19-10-20-17(26)6-5-8-35(20)33-19)24(37)23-32-31-22(38-23)16-12-30-36(13-16)25(27)28/h5-6,8,10-13,21,25,29H,4,7,9H2,1-3H3. The minimum atomic E-state index is -2.83. The first-order chi connectivity index (χ1) is 18.3. The number of carbonyl (C=O) groups is 1. The van der Waals surface area contributed by atoms with Crippen molar-refractivity contribution in [1.82, 2.24) is 39.8 Å². The summed E-state index contributed by atoms with van der Waals surface area (Å²) in [7, 11) is 0. The summed E-state index contributed by atoms with van der Waals surface area (Å²) in [5.41, 5.74) is 3.81. The Morgan fingerprint density at radius 3 is 2.87 bits per heavy atom. The number of amides is 1. The predicted octanol–water partition coefficient (Wildman–Crippen LogP) is 4.88. The van der Waals surface area contributed by atoms with Crippen LogP contribution >= 0.6 is 0 Å². The topological polar surface area (TPSA) is 106 Å². The monoisotopic (exact) mass is 526 g/mol. The first-order valence-electron chi connectivity index (χ1n) is 12.0. The van der Waals surface area contributed by atoms with Crippen LogP contribution in [-0.4, -0.2) is 46.9 Å². The summed E-state index contributed by atoms with van der Waals surface area (Å²) in [4.78, 5) is 15.2. The Labute approximate surface area is 215 Å². The van der Waals surface area contributed by atoms with Gasteiger partial charge in [-0.25, -0.2) is 13.6 Å². The molecule has 0 aromatic carbocycles. The van der Waals surface area contributed by atoms with Crippen LogP contribution in [-0.2, 0) is 0 Å². The lowest BCUT2D eigenvalue weighted by Crippen LogP contribution is -2.41. The third-order valence-electron chi connectivity index (χ3n) is 6.52. The van der Waals surface area contributed by atoms with Gasteiger partial charge in [-0.3, -0.25) is 4.79 Å². The van der Waals surface area contributed by atoms with Crippen molar-refractivity contribution in [2.45, 2.75) is 46.2 Å². The molecule has 0 saturated heterocycles. The number of allylic oxidation sites excluding steroid dienone is 1. The van der Waals surface area contributed by atoms with Crippen LogP contribution < -0.4 is 5.32 Å². The molecule has 4 aromatic rings. The lowest BCUT2D eigenvalue weighted by atomic mass is 9.95. The zero-order chi connectivity index (χ0) is 27.0. The number of pyridine rings is 1. The number of nitrogens with one attached hydrogen (secondary N) is 1. The average Bonchev–Trinajstić information content (AvgIpc) is 3.66. The Bertz CT molecular complexity index is 1550. The van der Waals surface area contributed by atoms with Crippen molar-refractivity contribution in [1.29, 1.82) is 0 Å². The van der Waals surface area contributed by atoms with E-state index in [4.69, 9.17) is 4.42 Å². The van der Waals surface area contributed by atoms with Gasteiger partial charge in [0.2, 0.25) is 0 Å². The largest absolute Gasteiger partial charge is 0.412 e. The molecular weight excluding hydrogens is 501 g/mol. The smallest absolute Gasteiger partial charge is 0.333 e. The Kier molecular flexibility index (Phi) is 6.74. The fraction of sp³-hybridized carbons (Fsp3) is 0.320. The van der Waals surface area contributed by atoms with E-state index in [1.54, 1.807) is 18.3 Å². The van der Waals surface area contributed by atoms with Gasteiger partial charge in [-0.15, -0.1) is 10.2 Å². The number of fused-ring (bicyclic) bond motifs is 1. The minimum Gasteiger partial charge on any atom is -0.412 e. The van der Waals surface area contributed by atoms with Gasteiger partial charge in [-0.1, -0.05) is 12.5 Å². The van der Waals surface area contributed by atoms with Gasteiger partial charge < -0.3 is 14.6 Å². The molecular formula is C25H25F3N8O2. The number of nitrogens with zero attached hydrogens (tertiary/aromatic N) is 7. The number of hydrogen-bond donors (Lipinski definition) is 1. The molecule has 38 heavy (non-hydrogen) atoms. The van der Waals surface area contributed by atoms with Gasteiger partial charge >= 0.3 is 18.3 Å². The lowest BCUT2D eigenvalue weighted by Gasteiger charge is -2.36. The van der Waals surface area contributed by atoms with E-state index in [1.165, 1.54) is 15.5 Å². The van der Waals surface area contributed by atoms with Gasteiger partial charge in [0.15, 0.2) is 0 Å². The maximum Gasteiger partial charge on any atom is 0.333 e. The predicted molar refractivity (Wildman–Crippen MR) is 130 cm³/mol. The average molecular weight is 527 g/mol. The van der Waals surface area contributed by atoms with Crippen molar-refractivity contribution in [3.8, 4) is 11.5 Å². The number of rotatable bonds is 7. The van der Waals surface area contributed by atoms with E-state index in [0.717, 1.165) is 35.7 Å². The van der Waals surface area contributed by atoms with Crippen molar-refractivity contribution in [2.24, 2.45) is 0 Å². The van der Waals surface area contributed by atoms with Crippen LogP contribution in [0, 0.1) is 5.82 Å². The fourth-order valence-electron chi connectivity index (χ4n) is 4.29. The van der Waals surface area contributed by atoms with Crippen molar-refractivity contribution in [3.63, 3.8) is 0 Å². The molecule has 5 rings (SSSR count). The van der Waals surface area contributed by atoms with Crippen LogP contribution in [0.15, 0.2) is 64.2 Å². The molecule has 1 N–H and O–H groups in total. The maximum absolute atomic E-state index is 14.5. The van der Waals surface area contributed by atoms with E-state index in [-0.39, 0.29) is 22.9 Å². The molecule has 0 bridgehead atoms. The van der Waals surface area contributed by atoms with Gasteiger partial charge in [-0.2, -0.15) is 19.0 Å². The second-order valence-electron chi connectivity index (χ2n) is 8.96. The first-order valence-corrected chi connectivity index (χ1v) is 12.0. The first kappa shape index (κ1) is 25.2. The van der Waals surface area contributed by atoms with E-state index >= 15 is 0 Å². The van der Waals surface area contributed by atoms with Crippen LogP contribution in [0.1, 0.15) is 62.6 Å². The summed E-state index contributed by atoms with van der Waals surface area (Å²) < 4.78 is 47.7. The summed E-state index contributed by atoms with van der Waals surface area (Å²) in [6, 6.07) is 3.85. The summed E-state index contributed by atoms with van der Waals surface area (Å²) in [6.45, 7) is 3.42. The Balaban J connectivity index is 1.51. The van der Waals surface area contributed by atoms with Gasteiger partial charge in [0, 0.05) is 31.1 Å². The molecule has 13 heteroatoms. The molecule has 1 aliphatic heterocycles. The molecule has 10 nitrogen and oxygen atoms in total. The second-order valence-corrected chi connectivity index (χ2v) is 8.96. The molecule has 1 amide bonds. The van der Waals surface area contributed by atoms with E-state index in [2.05, 4.69) is 32.6 Å². The van der Waals surface area contributed by atoms with Gasteiger partial charge in [0.05, 0.1) is 23.5 Å². The summed E-state index contributed by atoms with van der Waals surface area (Å²) in [6.07, 6.45) is 7.17. The number of halogens is 3. The molecule has 0 spiro atoms.